The quantitative estimate of drug-likeness (QED) is 0.186. The molecule has 3 heteroatoms. The van der Waals surface area contributed by atoms with Gasteiger partial charge in [0.1, 0.15) is 0 Å². The molecule has 1 saturated carbocycles. The highest BCUT2D eigenvalue weighted by atomic mass is 19.1. The summed E-state index contributed by atoms with van der Waals surface area (Å²) in [5.74, 6) is 5.83. The van der Waals surface area contributed by atoms with Gasteiger partial charge < -0.3 is 4.74 Å². The Bertz CT molecular complexity index is 928. The molecule has 1 aliphatic carbocycles. The molecule has 32 heavy (non-hydrogen) atoms. The lowest BCUT2D eigenvalue weighted by Crippen LogP contribution is -2.26. The molecule has 1 fully saturated rings. The van der Waals surface area contributed by atoms with Crippen molar-refractivity contribution in [2.45, 2.75) is 78.1 Å². The topological polar surface area (TPSA) is 26.3 Å². The molecule has 1 aliphatic rings. The number of rotatable bonds is 8. The van der Waals surface area contributed by atoms with E-state index in [0.717, 1.165) is 43.6 Å². The zero-order chi connectivity index (χ0) is 22.8. The van der Waals surface area contributed by atoms with E-state index in [1.807, 2.05) is 12.1 Å². The maximum atomic E-state index is 14.5. The van der Waals surface area contributed by atoms with Crippen LogP contribution in [0.2, 0.25) is 0 Å². The van der Waals surface area contributed by atoms with Gasteiger partial charge in [-0.15, -0.1) is 0 Å². The summed E-state index contributed by atoms with van der Waals surface area (Å²) in [6.07, 6.45) is 11.0. The average molecular weight is 435 g/mol. The highest BCUT2D eigenvalue weighted by Crippen LogP contribution is 2.32. The summed E-state index contributed by atoms with van der Waals surface area (Å²) in [4.78, 5) is 12.5. The Morgan fingerprint density at radius 2 is 1.62 bits per heavy atom. The third-order valence-corrected chi connectivity index (χ3v) is 6.39. The van der Waals surface area contributed by atoms with Gasteiger partial charge in [-0.2, -0.15) is 0 Å². The summed E-state index contributed by atoms with van der Waals surface area (Å²) in [6, 6.07) is 12.8. The van der Waals surface area contributed by atoms with Crippen LogP contribution < -0.4 is 4.74 Å². The number of benzene rings is 2. The summed E-state index contributed by atoms with van der Waals surface area (Å²) in [6.45, 7) is 4.40. The van der Waals surface area contributed by atoms with Crippen LogP contribution in [-0.4, -0.2) is 5.97 Å². The van der Waals surface area contributed by atoms with Crippen LogP contribution in [0.25, 0.3) is 0 Å². The van der Waals surface area contributed by atoms with Crippen LogP contribution in [0.15, 0.2) is 42.5 Å². The fraction of sp³-hybridized carbons (Fsp3) is 0.483. The Morgan fingerprint density at radius 3 is 2.28 bits per heavy atom. The second-order valence-electron chi connectivity index (χ2n) is 8.98. The highest BCUT2D eigenvalue weighted by Gasteiger charge is 2.27. The molecular formula is C29H35FO2. The zero-order valence-electron chi connectivity index (χ0n) is 19.5. The molecule has 0 radical (unpaired) electrons. The molecule has 0 aromatic heterocycles. The van der Waals surface area contributed by atoms with E-state index >= 15 is 0 Å². The average Bonchev–Trinajstić information content (AvgIpc) is 2.81. The number of esters is 1. The minimum absolute atomic E-state index is 0.00679. The van der Waals surface area contributed by atoms with Crippen molar-refractivity contribution in [2.75, 3.05) is 0 Å². The van der Waals surface area contributed by atoms with Crippen molar-refractivity contribution in [1.82, 2.24) is 0 Å². The summed E-state index contributed by atoms with van der Waals surface area (Å²) >= 11 is 0. The molecule has 0 atom stereocenters. The van der Waals surface area contributed by atoms with Crippen LogP contribution in [0.1, 0.15) is 88.3 Å². The first-order valence-electron chi connectivity index (χ1n) is 12.2. The lowest BCUT2D eigenvalue weighted by molar-refractivity contribution is -0.140. The maximum absolute atomic E-state index is 14.5. The number of ether oxygens (including phenoxy) is 1. The number of halogens is 1. The standard InChI is InChI=1S/C29H35FO2/c1-3-5-6-8-23-9-11-24(12-10-23)13-14-25-17-20-28(27(30)21-25)32-29(31)26-18-15-22(7-4-2)16-19-26/h9-12,17,20-22,26H,3-8,15-16,18-19H2,1-2H3. The summed E-state index contributed by atoms with van der Waals surface area (Å²) in [7, 11) is 0. The molecule has 3 rings (SSSR count). The van der Waals surface area contributed by atoms with Crippen LogP contribution >= 0.6 is 0 Å². The zero-order valence-corrected chi connectivity index (χ0v) is 19.5. The monoisotopic (exact) mass is 434 g/mol. The molecule has 170 valence electrons. The minimum Gasteiger partial charge on any atom is -0.423 e. The van der Waals surface area contributed by atoms with Crippen molar-refractivity contribution < 1.29 is 13.9 Å². The Kier molecular flexibility index (Phi) is 9.35. The summed E-state index contributed by atoms with van der Waals surface area (Å²) < 4.78 is 19.9. The molecule has 0 saturated heterocycles. The van der Waals surface area contributed by atoms with Gasteiger partial charge in [0.05, 0.1) is 5.92 Å². The van der Waals surface area contributed by atoms with Gasteiger partial charge in [0.15, 0.2) is 11.6 Å². The lowest BCUT2D eigenvalue weighted by Gasteiger charge is -2.26. The van der Waals surface area contributed by atoms with Gasteiger partial charge in [-0.1, -0.05) is 63.5 Å². The van der Waals surface area contributed by atoms with Gasteiger partial charge in [-0.3, -0.25) is 4.79 Å². The van der Waals surface area contributed by atoms with Gasteiger partial charge in [0, 0.05) is 11.1 Å². The number of hydrogen-bond acceptors (Lipinski definition) is 2. The van der Waals surface area contributed by atoms with E-state index < -0.39 is 5.82 Å². The van der Waals surface area contributed by atoms with Crippen molar-refractivity contribution in [3.8, 4) is 17.6 Å². The molecule has 2 nitrogen and oxygen atoms in total. The first kappa shape index (κ1) is 24.1. The van der Waals surface area contributed by atoms with Crippen molar-refractivity contribution in [2.24, 2.45) is 11.8 Å². The van der Waals surface area contributed by atoms with Crippen molar-refractivity contribution >= 4 is 5.97 Å². The lowest BCUT2D eigenvalue weighted by atomic mass is 9.80. The van der Waals surface area contributed by atoms with Gasteiger partial charge in [0.25, 0.3) is 0 Å². The Hall–Kier alpha value is -2.60. The molecule has 0 bridgehead atoms. The van der Waals surface area contributed by atoms with Crippen LogP contribution in [-0.2, 0) is 11.2 Å². The number of carbonyl (C=O) groups is 1. The van der Waals surface area contributed by atoms with E-state index in [2.05, 4.69) is 37.8 Å². The van der Waals surface area contributed by atoms with Gasteiger partial charge in [0.2, 0.25) is 0 Å². The van der Waals surface area contributed by atoms with Crippen molar-refractivity contribution in [3.63, 3.8) is 0 Å². The molecule has 0 heterocycles. The van der Waals surface area contributed by atoms with E-state index in [1.165, 1.54) is 49.8 Å². The molecule has 0 unspecified atom stereocenters. The van der Waals surface area contributed by atoms with Crippen molar-refractivity contribution in [1.29, 1.82) is 0 Å². The normalized spacial score (nSPS) is 18.0. The highest BCUT2D eigenvalue weighted by molar-refractivity contribution is 5.75. The number of aryl methyl sites for hydroxylation is 1. The van der Waals surface area contributed by atoms with E-state index in [4.69, 9.17) is 4.74 Å². The first-order valence-corrected chi connectivity index (χ1v) is 12.2. The number of carbonyl (C=O) groups excluding carboxylic acids is 1. The third-order valence-electron chi connectivity index (χ3n) is 6.39. The molecule has 2 aromatic rings. The van der Waals surface area contributed by atoms with Gasteiger partial charge in [-0.25, -0.2) is 4.39 Å². The predicted octanol–water partition coefficient (Wildman–Crippen LogP) is 7.47. The molecule has 2 aromatic carbocycles. The molecule has 0 spiro atoms. The van der Waals surface area contributed by atoms with E-state index in [9.17, 15) is 9.18 Å². The first-order chi connectivity index (χ1) is 15.6. The van der Waals surface area contributed by atoms with Gasteiger partial charge >= 0.3 is 5.97 Å². The number of hydrogen-bond donors (Lipinski definition) is 0. The van der Waals surface area contributed by atoms with Crippen LogP contribution in [0, 0.1) is 29.5 Å². The Balaban J connectivity index is 1.55. The minimum atomic E-state index is -0.545. The molecule has 0 aliphatic heterocycles. The number of unbranched alkanes of at least 4 members (excludes halogenated alkanes) is 2. The second kappa shape index (κ2) is 12.4. The molecular weight excluding hydrogens is 399 g/mol. The molecule has 0 amide bonds. The fourth-order valence-electron chi connectivity index (χ4n) is 4.43. The van der Waals surface area contributed by atoms with E-state index in [-0.39, 0.29) is 17.6 Å². The van der Waals surface area contributed by atoms with Gasteiger partial charge in [-0.05, 0) is 80.3 Å². The van der Waals surface area contributed by atoms with E-state index in [0.29, 0.717) is 5.56 Å². The Labute approximate surface area is 192 Å². The van der Waals surface area contributed by atoms with Crippen LogP contribution in [0.5, 0.6) is 5.75 Å². The predicted molar refractivity (Wildman–Crippen MR) is 128 cm³/mol. The summed E-state index contributed by atoms with van der Waals surface area (Å²) in [5, 5.41) is 0. The van der Waals surface area contributed by atoms with Crippen LogP contribution in [0.4, 0.5) is 4.39 Å². The second-order valence-corrected chi connectivity index (χ2v) is 8.98. The van der Waals surface area contributed by atoms with Crippen molar-refractivity contribution in [3.05, 3.63) is 65.0 Å². The van der Waals surface area contributed by atoms with Crippen LogP contribution in [0.3, 0.4) is 0 Å². The fourth-order valence-corrected chi connectivity index (χ4v) is 4.43. The third kappa shape index (κ3) is 7.23. The molecule has 0 N–H and O–H groups in total. The van der Waals surface area contributed by atoms with E-state index in [1.54, 1.807) is 6.07 Å². The Morgan fingerprint density at radius 1 is 0.938 bits per heavy atom. The summed E-state index contributed by atoms with van der Waals surface area (Å²) in [5.41, 5.74) is 2.79. The largest absolute Gasteiger partial charge is 0.423 e. The maximum Gasteiger partial charge on any atom is 0.314 e. The smallest absolute Gasteiger partial charge is 0.314 e. The SMILES string of the molecule is CCCCCc1ccc(C#Cc2ccc(OC(=O)C3CCC(CCC)CC3)c(F)c2)cc1.